The lowest BCUT2D eigenvalue weighted by atomic mass is 10.1. The molecule has 2 aliphatic rings. The summed E-state index contributed by atoms with van der Waals surface area (Å²) in [6.07, 6.45) is 0. The number of nitrogens with zero attached hydrogens (tertiary/aromatic N) is 2. The molecule has 0 saturated heterocycles. The molecule has 1 aromatic rings. The van der Waals surface area contributed by atoms with E-state index in [2.05, 4.69) is 16.5 Å². The monoisotopic (exact) mass is 224 g/mol. The van der Waals surface area contributed by atoms with Gasteiger partial charge in [-0.05, 0) is 31.2 Å². The smallest absolute Gasteiger partial charge is 0.180 e. The Kier molecular flexibility index (Phi) is 2.18. The highest BCUT2D eigenvalue weighted by atomic mass is 16.1. The van der Waals surface area contributed by atoms with Crippen molar-refractivity contribution in [1.82, 2.24) is 9.55 Å². The maximum Gasteiger partial charge on any atom is 0.180 e. The summed E-state index contributed by atoms with van der Waals surface area (Å²) in [6, 6.07) is 13.0. The van der Waals surface area contributed by atoms with Gasteiger partial charge < -0.3 is 4.57 Å². The Morgan fingerprint density at radius 3 is 2.82 bits per heavy atom. The third-order valence-electron chi connectivity index (χ3n) is 2.97. The summed E-state index contributed by atoms with van der Waals surface area (Å²) in [4.78, 5) is 16.0. The Labute approximate surface area is 98.7 Å². The number of aromatic nitrogens is 2. The fraction of sp³-hybridized carbons (Fsp3) is 0.143. The zero-order valence-electron chi connectivity index (χ0n) is 9.55. The molecular weight excluding hydrogens is 212 g/mol. The summed E-state index contributed by atoms with van der Waals surface area (Å²) in [7, 11) is 0. The molecule has 0 atom stereocenters. The fourth-order valence-electron chi connectivity index (χ4n) is 2.20. The molecule has 1 aromatic carbocycles. The van der Waals surface area contributed by atoms with Gasteiger partial charge in [0.25, 0.3) is 0 Å². The molecule has 0 radical (unpaired) electrons. The molecule has 1 aliphatic heterocycles. The molecule has 0 unspecified atom stereocenters. The number of benzene rings is 2. The van der Waals surface area contributed by atoms with Gasteiger partial charge in [0.15, 0.2) is 5.43 Å². The van der Waals surface area contributed by atoms with Crippen LogP contribution in [0.3, 0.4) is 0 Å². The Balaban J connectivity index is 2.55. The molecule has 0 aromatic heterocycles. The van der Waals surface area contributed by atoms with Gasteiger partial charge in [-0.3, -0.25) is 4.79 Å². The van der Waals surface area contributed by atoms with E-state index in [1.165, 1.54) is 0 Å². The van der Waals surface area contributed by atoms with Crippen LogP contribution in [0, 0.1) is 0 Å². The molecule has 0 fully saturated rings. The average Bonchev–Trinajstić information content (AvgIpc) is 2.36. The maximum absolute atomic E-state index is 11.4. The third-order valence-corrected chi connectivity index (χ3v) is 2.97. The van der Waals surface area contributed by atoms with Crippen molar-refractivity contribution < 1.29 is 0 Å². The van der Waals surface area contributed by atoms with E-state index in [0.29, 0.717) is 0 Å². The van der Waals surface area contributed by atoms with Gasteiger partial charge in [0, 0.05) is 12.6 Å². The fourth-order valence-corrected chi connectivity index (χ4v) is 2.20. The van der Waals surface area contributed by atoms with Gasteiger partial charge in [0.05, 0.1) is 22.4 Å². The Hall–Kier alpha value is -2.16. The molecule has 84 valence electrons. The molecule has 0 bridgehead atoms. The first-order valence-electron chi connectivity index (χ1n) is 5.69. The Morgan fingerprint density at radius 1 is 1.18 bits per heavy atom. The van der Waals surface area contributed by atoms with Gasteiger partial charge in [-0.2, -0.15) is 0 Å². The van der Waals surface area contributed by atoms with Gasteiger partial charge in [0.2, 0.25) is 0 Å². The number of rotatable bonds is 1. The molecule has 17 heavy (non-hydrogen) atoms. The van der Waals surface area contributed by atoms with Crippen molar-refractivity contribution in [2.24, 2.45) is 0 Å². The lowest BCUT2D eigenvalue weighted by Crippen LogP contribution is -2.09. The summed E-state index contributed by atoms with van der Waals surface area (Å²) in [6.45, 7) is 2.90. The molecule has 0 amide bonds. The highest BCUT2D eigenvalue weighted by Gasteiger charge is 2.10. The van der Waals surface area contributed by atoms with Crippen LogP contribution in [-0.2, 0) is 6.54 Å². The van der Waals surface area contributed by atoms with E-state index in [1.807, 2.05) is 24.3 Å². The molecule has 3 heteroatoms. The lowest BCUT2D eigenvalue weighted by Gasteiger charge is -2.16. The van der Waals surface area contributed by atoms with Gasteiger partial charge in [0.1, 0.15) is 0 Å². The Morgan fingerprint density at radius 2 is 2.00 bits per heavy atom. The molecule has 1 aliphatic carbocycles. The summed E-state index contributed by atoms with van der Waals surface area (Å²) < 4.78 is 2.12. The summed E-state index contributed by atoms with van der Waals surface area (Å²) in [5.41, 5.74) is 3.81. The van der Waals surface area contributed by atoms with Crippen LogP contribution in [-0.4, -0.2) is 9.55 Å². The quantitative estimate of drug-likeness (QED) is 0.595. The molecule has 3 rings (SSSR count). The third kappa shape index (κ3) is 1.51. The van der Waals surface area contributed by atoms with Gasteiger partial charge in [-0.1, -0.05) is 12.1 Å². The topological polar surface area (TPSA) is 34.9 Å². The van der Waals surface area contributed by atoms with Crippen LogP contribution in [0.1, 0.15) is 6.92 Å². The number of aryl methyl sites for hydroxylation is 1. The van der Waals surface area contributed by atoms with Crippen molar-refractivity contribution in [2.45, 2.75) is 13.5 Å². The molecular formula is C14H12N2O. The minimum absolute atomic E-state index is 0.0248. The van der Waals surface area contributed by atoms with Crippen LogP contribution in [0.15, 0.2) is 47.3 Å². The van der Waals surface area contributed by atoms with E-state index in [1.54, 1.807) is 18.2 Å². The standard InChI is InChI=1S/C14H12N2O/c1-2-16-13-6-4-3-5-11(13)15-12-8-7-10(17)9-14(12)16/h3-9H,2H2,1H3. The highest BCUT2D eigenvalue weighted by molar-refractivity contribution is 5.80. The lowest BCUT2D eigenvalue weighted by molar-refractivity contribution is 0.790. The van der Waals surface area contributed by atoms with E-state index < -0.39 is 0 Å². The van der Waals surface area contributed by atoms with Crippen LogP contribution in [0.2, 0.25) is 0 Å². The molecule has 0 saturated carbocycles. The molecule has 3 nitrogen and oxygen atoms in total. The van der Waals surface area contributed by atoms with Crippen molar-refractivity contribution in [3.05, 3.63) is 52.7 Å². The number of hydrogen-bond acceptors (Lipinski definition) is 2. The van der Waals surface area contributed by atoms with Crippen LogP contribution >= 0.6 is 0 Å². The SMILES string of the molecule is CCn1c2cc(=O)ccc-2nc2ccccc21. The first-order chi connectivity index (χ1) is 8.29. The molecule has 0 spiro atoms. The van der Waals surface area contributed by atoms with Gasteiger partial charge >= 0.3 is 0 Å². The summed E-state index contributed by atoms with van der Waals surface area (Å²) in [5, 5.41) is 0. The van der Waals surface area contributed by atoms with Crippen LogP contribution in [0.5, 0.6) is 0 Å². The van der Waals surface area contributed by atoms with E-state index in [4.69, 9.17) is 0 Å². The van der Waals surface area contributed by atoms with E-state index in [-0.39, 0.29) is 5.43 Å². The number of hydrogen-bond donors (Lipinski definition) is 0. The van der Waals surface area contributed by atoms with Crippen molar-refractivity contribution in [2.75, 3.05) is 0 Å². The predicted molar refractivity (Wildman–Crippen MR) is 68.3 cm³/mol. The predicted octanol–water partition coefficient (Wildman–Crippen LogP) is 2.52. The van der Waals surface area contributed by atoms with Crippen molar-refractivity contribution in [1.29, 1.82) is 0 Å². The maximum atomic E-state index is 11.4. The van der Waals surface area contributed by atoms with Gasteiger partial charge in [-0.15, -0.1) is 0 Å². The normalized spacial score (nSPS) is 11.1. The second-order valence-electron chi connectivity index (χ2n) is 4.00. The van der Waals surface area contributed by atoms with Crippen LogP contribution in [0.4, 0.5) is 0 Å². The number of fused-ring (bicyclic) bond motifs is 2. The summed E-state index contributed by atoms with van der Waals surface area (Å²) in [5.74, 6) is 0. The first kappa shape index (κ1) is 10.0. The van der Waals surface area contributed by atoms with Crippen molar-refractivity contribution >= 4 is 11.0 Å². The average molecular weight is 224 g/mol. The first-order valence-corrected chi connectivity index (χ1v) is 5.69. The second-order valence-corrected chi connectivity index (χ2v) is 4.00. The van der Waals surface area contributed by atoms with Crippen LogP contribution < -0.4 is 5.43 Å². The van der Waals surface area contributed by atoms with Gasteiger partial charge in [-0.25, -0.2) is 4.98 Å². The highest BCUT2D eigenvalue weighted by Crippen LogP contribution is 2.23. The largest absolute Gasteiger partial charge is 0.338 e. The van der Waals surface area contributed by atoms with E-state index in [0.717, 1.165) is 29.0 Å². The van der Waals surface area contributed by atoms with E-state index >= 15 is 0 Å². The zero-order chi connectivity index (χ0) is 11.8. The van der Waals surface area contributed by atoms with Crippen molar-refractivity contribution in [3.63, 3.8) is 0 Å². The Bertz CT molecular complexity index is 715. The van der Waals surface area contributed by atoms with E-state index in [9.17, 15) is 4.79 Å². The van der Waals surface area contributed by atoms with Crippen molar-refractivity contribution in [3.8, 4) is 11.4 Å². The zero-order valence-corrected chi connectivity index (χ0v) is 9.55. The van der Waals surface area contributed by atoms with Crippen LogP contribution in [0.25, 0.3) is 22.4 Å². The molecule has 1 heterocycles. The minimum Gasteiger partial charge on any atom is -0.338 e. The number of para-hydroxylation sites is 2. The second kappa shape index (κ2) is 3.70. The molecule has 0 N–H and O–H groups in total. The summed E-state index contributed by atoms with van der Waals surface area (Å²) >= 11 is 0. The minimum atomic E-state index is 0.0248.